The minimum atomic E-state index is -1.41. The number of nitrogens with one attached hydrogen (secondary N) is 2. The van der Waals surface area contributed by atoms with Crippen LogP contribution < -0.4 is 10.6 Å². The van der Waals surface area contributed by atoms with E-state index in [4.69, 9.17) is 4.74 Å². The standard InChI is InChI=1S/C17H15FN2O5S/c1-26(24)14-9-5-2-6-11(14)16(22)25-10-15(21)20-17(23)19-13-8-4-3-7-12(13)18/h2-9H,10H2,1H3,(H2,19,20,21,23)/t26-/m0/s1. The number of hydrogen-bond donors (Lipinski definition) is 2. The van der Waals surface area contributed by atoms with Crippen molar-refractivity contribution in [2.24, 2.45) is 0 Å². The fraction of sp³-hybridized carbons (Fsp3) is 0.118. The first-order valence-electron chi connectivity index (χ1n) is 7.33. The zero-order chi connectivity index (χ0) is 19.1. The molecule has 0 spiro atoms. The molecular formula is C17H15FN2O5S. The number of benzene rings is 2. The molecule has 2 rings (SSSR count). The SMILES string of the molecule is C[S@](=O)c1ccccc1C(=O)OCC(=O)NC(=O)Nc1ccccc1F. The highest BCUT2D eigenvalue weighted by Gasteiger charge is 2.17. The molecule has 2 N–H and O–H groups in total. The van der Waals surface area contributed by atoms with Crippen molar-refractivity contribution in [3.05, 3.63) is 59.9 Å². The van der Waals surface area contributed by atoms with E-state index in [9.17, 15) is 23.0 Å². The van der Waals surface area contributed by atoms with E-state index in [2.05, 4.69) is 5.32 Å². The highest BCUT2D eigenvalue weighted by atomic mass is 32.2. The number of imide groups is 1. The van der Waals surface area contributed by atoms with Crippen LogP contribution in [-0.2, 0) is 20.3 Å². The van der Waals surface area contributed by atoms with Gasteiger partial charge in [0.2, 0.25) is 0 Å². The Morgan fingerprint density at radius 3 is 2.42 bits per heavy atom. The maximum Gasteiger partial charge on any atom is 0.339 e. The number of anilines is 1. The van der Waals surface area contributed by atoms with Crippen molar-refractivity contribution in [3.63, 3.8) is 0 Å². The minimum Gasteiger partial charge on any atom is -0.452 e. The number of urea groups is 1. The van der Waals surface area contributed by atoms with Crippen molar-refractivity contribution >= 4 is 34.4 Å². The van der Waals surface area contributed by atoms with Gasteiger partial charge in [0, 0.05) is 6.26 Å². The van der Waals surface area contributed by atoms with E-state index in [1.807, 2.05) is 5.32 Å². The predicted molar refractivity (Wildman–Crippen MR) is 92.6 cm³/mol. The van der Waals surface area contributed by atoms with Gasteiger partial charge in [-0.05, 0) is 24.3 Å². The zero-order valence-corrected chi connectivity index (χ0v) is 14.5. The Bertz CT molecular complexity index is 872. The van der Waals surface area contributed by atoms with Gasteiger partial charge >= 0.3 is 12.0 Å². The molecule has 26 heavy (non-hydrogen) atoms. The molecule has 7 nitrogen and oxygen atoms in total. The second-order valence-electron chi connectivity index (χ2n) is 5.01. The molecule has 0 aliphatic carbocycles. The highest BCUT2D eigenvalue weighted by molar-refractivity contribution is 7.84. The molecular weight excluding hydrogens is 363 g/mol. The molecule has 0 saturated carbocycles. The fourth-order valence-electron chi connectivity index (χ4n) is 1.97. The highest BCUT2D eigenvalue weighted by Crippen LogP contribution is 2.14. The second kappa shape index (κ2) is 8.86. The third kappa shape index (κ3) is 5.21. The summed E-state index contributed by atoms with van der Waals surface area (Å²) >= 11 is 0. The summed E-state index contributed by atoms with van der Waals surface area (Å²) in [4.78, 5) is 35.6. The van der Waals surface area contributed by atoms with Gasteiger partial charge in [-0.15, -0.1) is 0 Å². The molecule has 136 valence electrons. The number of esters is 1. The molecule has 2 aromatic carbocycles. The maximum atomic E-state index is 13.4. The largest absolute Gasteiger partial charge is 0.452 e. The molecule has 0 saturated heterocycles. The summed E-state index contributed by atoms with van der Waals surface area (Å²) in [7, 11) is -1.41. The number of para-hydroxylation sites is 1. The molecule has 0 heterocycles. The van der Waals surface area contributed by atoms with Crippen molar-refractivity contribution in [2.75, 3.05) is 18.2 Å². The van der Waals surface area contributed by atoms with Crippen molar-refractivity contribution in [2.45, 2.75) is 4.90 Å². The number of hydrogen-bond acceptors (Lipinski definition) is 5. The van der Waals surface area contributed by atoms with Crippen molar-refractivity contribution < 1.29 is 27.7 Å². The average Bonchev–Trinajstić information content (AvgIpc) is 2.61. The van der Waals surface area contributed by atoms with Crippen LogP contribution in [0.25, 0.3) is 0 Å². The number of ether oxygens (including phenoxy) is 1. The van der Waals surface area contributed by atoms with Gasteiger partial charge < -0.3 is 10.1 Å². The lowest BCUT2D eigenvalue weighted by Gasteiger charge is -2.09. The topological polar surface area (TPSA) is 102 Å². The van der Waals surface area contributed by atoms with Gasteiger partial charge in [-0.2, -0.15) is 0 Å². The first kappa shape index (κ1) is 19.3. The third-order valence-electron chi connectivity index (χ3n) is 3.13. The van der Waals surface area contributed by atoms with Crippen LogP contribution in [0.5, 0.6) is 0 Å². The lowest BCUT2D eigenvalue weighted by Crippen LogP contribution is -2.37. The Kier molecular flexibility index (Phi) is 6.56. The molecule has 2 aromatic rings. The molecule has 3 amide bonds. The van der Waals surface area contributed by atoms with E-state index in [-0.39, 0.29) is 16.1 Å². The molecule has 1 atom stereocenters. The van der Waals surface area contributed by atoms with E-state index in [0.717, 1.165) is 6.07 Å². The Morgan fingerprint density at radius 2 is 1.73 bits per heavy atom. The Balaban J connectivity index is 1.89. The van der Waals surface area contributed by atoms with Crippen LogP contribution in [0, 0.1) is 5.82 Å². The first-order chi connectivity index (χ1) is 12.4. The Labute approximate surface area is 151 Å². The van der Waals surface area contributed by atoms with E-state index >= 15 is 0 Å². The van der Waals surface area contributed by atoms with Gasteiger partial charge in [-0.3, -0.25) is 14.3 Å². The number of amides is 3. The van der Waals surface area contributed by atoms with Gasteiger partial charge in [0.15, 0.2) is 6.61 Å². The lowest BCUT2D eigenvalue weighted by molar-refractivity contribution is -0.123. The molecule has 0 unspecified atom stereocenters. The van der Waals surface area contributed by atoms with Gasteiger partial charge in [-0.25, -0.2) is 14.0 Å². The molecule has 0 fully saturated rings. The normalized spacial score (nSPS) is 11.3. The number of halogens is 1. The quantitative estimate of drug-likeness (QED) is 0.776. The summed E-state index contributed by atoms with van der Waals surface area (Å²) in [6.45, 7) is -0.728. The van der Waals surface area contributed by atoms with Crippen LogP contribution in [0.4, 0.5) is 14.9 Å². The monoisotopic (exact) mass is 378 g/mol. The predicted octanol–water partition coefficient (Wildman–Crippen LogP) is 2.07. The van der Waals surface area contributed by atoms with Gasteiger partial charge in [0.05, 0.1) is 26.9 Å². The van der Waals surface area contributed by atoms with Gasteiger partial charge in [0.25, 0.3) is 5.91 Å². The fourth-order valence-corrected chi connectivity index (χ4v) is 2.70. The lowest BCUT2D eigenvalue weighted by atomic mass is 10.2. The summed E-state index contributed by atoms with van der Waals surface area (Å²) in [5.41, 5.74) is -0.0360. The number of rotatable bonds is 5. The second-order valence-corrected chi connectivity index (χ2v) is 6.36. The van der Waals surface area contributed by atoms with E-state index in [1.54, 1.807) is 12.1 Å². The molecule has 0 aromatic heterocycles. The summed E-state index contributed by atoms with van der Waals surface area (Å²) < 4.78 is 29.8. The third-order valence-corrected chi connectivity index (χ3v) is 4.10. The molecule has 0 bridgehead atoms. The van der Waals surface area contributed by atoms with Crippen LogP contribution in [0.1, 0.15) is 10.4 Å². The van der Waals surface area contributed by atoms with Crippen LogP contribution in [0.15, 0.2) is 53.4 Å². The Morgan fingerprint density at radius 1 is 1.08 bits per heavy atom. The van der Waals surface area contributed by atoms with Crippen LogP contribution in [-0.4, -0.2) is 35.0 Å². The van der Waals surface area contributed by atoms with Crippen molar-refractivity contribution in [1.29, 1.82) is 0 Å². The summed E-state index contributed by atoms with van der Waals surface area (Å²) in [6.07, 6.45) is 1.41. The van der Waals surface area contributed by atoms with Crippen LogP contribution >= 0.6 is 0 Å². The van der Waals surface area contributed by atoms with Gasteiger partial charge in [-0.1, -0.05) is 24.3 Å². The molecule has 0 aliphatic rings. The van der Waals surface area contributed by atoms with Crippen LogP contribution in [0.2, 0.25) is 0 Å². The smallest absolute Gasteiger partial charge is 0.339 e. The van der Waals surface area contributed by atoms with Crippen molar-refractivity contribution in [1.82, 2.24) is 5.32 Å². The van der Waals surface area contributed by atoms with Crippen molar-refractivity contribution in [3.8, 4) is 0 Å². The number of carbonyl (C=O) groups excluding carboxylic acids is 3. The average molecular weight is 378 g/mol. The molecule has 0 radical (unpaired) electrons. The summed E-state index contributed by atoms with van der Waals surface area (Å²) in [5.74, 6) is -2.41. The number of carbonyl (C=O) groups is 3. The van der Waals surface area contributed by atoms with E-state index in [1.165, 1.54) is 36.6 Å². The van der Waals surface area contributed by atoms with Gasteiger partial charge in [0.1, 0.15) is 5.82 Å². The Hall–Kier alpha value is -3.07. The molecule has 9 heteroatoms. The maximum absolute atomic E-state index is 13.4. The zero-order valence-electron chi connectivity index (χ0n) is 13.7. The molecule has 0 aliphatic heterocycles. The minimum absolute atomic E-state index is 0.0666. The van der Waals surface area contributed by atoms with E-state index < -0.39 is 41.1 Å². The summed E-state index contributed by atoms with van der Waals surface area (Å²) in [5, 5.41) is 4.06. The summed E-state index contributed by atoms with van der Waals surface area (Å²) in [6, 6.07) is 10.6. The van der Waals surface area contributed by atoms with E-state index in [0.29, 0.717) is 0 Å². The first-order valence-corrected chi connectivity index (χ1v) is 8.89. The van der Waals surface area contributed by atoms with Crippen LogP contribution in [0.3, 0.4) is 0 Å².